The van der Waals surface area contributed by atoms with E-state index in [2.05, 4.69) is 17.9 Å². The Bertz CT molecular complexity index is 871. The van der Waals surface area contributed by atoms with Gasteiger partial charge in [-0.15, -0.1) is 0 Å². The fraction of sp³-hybridized carbons (Fsp3) is 0.552. The Morgan fingerprint density at radius 2 is 1.87 bits per heavy atom. The average Bonchev–Trinajstić information content (AvgIpc) is 3.50. The van der Waals surface area contributed by atoms with Crippen molar-refractivity contribution in [2.24, 2.45) is 0 Å². The molecule has 0 spiro atoms. The number of ether oxygens (including phenoxy) is 2. The van der Waals surface area contributed by atoms with E-state index in [1.807, 2.05) is 57.2 Å². The van der Waals surface area contributed by atoms with Gasteiger partial charge in [0.2, 0.25) is 0 Å². The molecule has 8 nitrogen and oxygen atoms in total. The van der Waals surface area contributed by atoms with Gasteiger partial charge < -0.3 is 35.2 Å². The SMILES string of the molecule is CC.CCOc1ccc(CC(/C=C/[C@H]2C[C@@H](O)C[C@@H](CO)O2)=C(Cl)/C=C\S)cc1.CO.O=C(O)[C@@H]1CCCN1. The molecular formula is C29H46ClNO7S. The molecule has 2 fully saturated rings. The Morgan fingerprint density at radius 3 is 2.36 bits per heavy atom. The van der Waals surface area contributed by atoms with E-state index in [9.17, 15) is 15.0 Å². The van der Waals surface area contributed by atoms with Crippen molar-refractivity contribution in [2.45, 2.75) is 77.2 Å². The number of thiol groups is 1. The van der Waals surface area contributed by atoms with Crippen LogP contribution in [-0.2, 0) is 16.0 Å². The van der Waals surface area contributed by atoms with Gasteiger partial charge in [0.25, 0.3) is 0 Å². The first-order valence-electron chi connectivity index (χ1n) is 13.3. The van der Waals surface area contributed by atoms with Crippen LogP contribution in [0.3, 0.4) is 0 Å². The van der Waals surface area contributed by atoms with Gasteiger partial charge in [0.05, 0.1) is 31.5 Å². The Morgan fingerprint density at radius 1 is 1.21 bits per heavy atom. The summed E-state index contributed by atoms with van der Waals surface area (Å²) in [5, 5.41) is 39.6. The highest BCUT2D eigenvalue weighted by molar-refractivity contribution is 7.83. The molecule has 1 aromatic carbocycles. The van der Waals surface area contributed by atoms with Crippen molar-refractivity contribution in [1.82, 2.24) is 5.32 Å². The third-order valence-electron chi connectivity index (χ3n) is 5.64. The normalized spacial score (nSPS) is 23.0. The Kier molecular flexibility index (Phi) is 21.8. The minimum Gasteiger partial charge on any atom is -0.494 e. The standard InChI is InChI=1S/C21H27ClO4S.C5H9NO2.C2H6.CH4O/c1-2-25-18-6-3-15(4-7-18)11-16(21(22)9-10-27)5-8-19-12-17(24)13-20(14-23)26-19;7-5(8)4-2-1-3-6-4;2*1-2/h3-10,17,19-20,23-24,27H,2,11-14H2,1H3;4,6H,1-3H2,(H,7,8);1-2H3;2H,1H3/b8-5+,10-9-,21-16-;;;/t17-,19+,20+;4-;;/m10../s1. The summed E-state index contributed by atoms with van der Waals surface area (Å²) in [6.07, 6.45) is 7.85. The van der Waals surface area contributed by atoms with Crippen LogP contribution >= 0.6 is 24.2 Å². The molecule has 2 saturated heterocycles. The number of hydrogen-bond donors (Lipinski definition) is 6. The molecule has 10 heteroatoms. The minimum absolute atomic E-state index is 0.0978. The van der Waals surface area contributed by atoms with Crippen LogP contribution in [0.1, 0.15) is 52.0 Å². The molecule has 2 heterocycles. The van der Waals surface area contributed by atoms with E-state index >= 15 is 0 Å². The van der Waals surface area contributed by atoms with Crippen molar-refractivity contribution in [1.29, 1.82) is 0 Å². The highest BCUT2D eigenvalue weighted by Gasteiger charge is 2.26. The molecule has 222 valence electrons. The summed E-state index contributed by atoms with van der Waals surface area (Å²) in [7, 11) is 1.00. The summed E-state index contributed by atoms with van der Waals surface area (Å²) in [5.74, 6) is 0.116. The molecule has 0 aliphatic carbocycles. The second-order valence-electron chi connectivity index (χ2n) is 8.39. The van der Waals surface area contributed by atoms with Crippen LogP contribution in [0.15, 0.2) is 58.5 Å². The van der Waals surface area contributed by atoms with Gasteiger partial charge in [-0.2, -0.15) is 12.6 Å². The van der Waals surface area contributed by atoms with Crippen molar-refractivity contribution < 1.29 is 34.7 Å². The quantitative estimate of drug-likeness (QED) is 0.184. The molecule has 0 unspecified atom stereocenters. The summed E-state index contributed by atoms with van der Waals surface area (Å²) in [5.41, 5.74) is 2.01. The first-order valence-corrected chi connectivity index (χ1v) is 14.2. The van der Waals surface area contributed by atoms with Gasteiger partial charge >= 0.3 is 5.97 Å². The van der Waals surface area contributed by atoms with E-state index in [0.717, 1.165) is 43.4 Å². The molecule has 2 aliphatic heterocycles. The second-order valence-corrected chi connectivity index (χ2v) is 9.10. The molecule has 2 aliphatic rings. The molecule has 3 rings (SSSR count). The number of carboxylic acids is 1. The number of carboxylic acid groups (broad SMARTS) is 1. The fourth-order valence-electron chi connectivity index (χ4n) is 3.87. The van der Waals surface area contributed by atoms with Gasteiger partial charge in [-0.05, 0) is 67.5 Å². The molecule has 0 aromatic heterocycles. The number of nitrogens with one attached hydrogen (secondary N) is 1. The Hall–Kier alpha value is -1.85. The zero-order valence-corrected chi connectivity index (χ0v) is 25.1. The van der Waals surface area contributed by atoms with Gasteiger partial charge in [0, 0.05) is 25.0 Å². The highest BCUT2D eigenvalue weighted by Crippen LogP contribution is 2.24. The average molecular weight is 588 g/mol. The minimum atomic E-state index is -0.720. The number of halogens is 1. The number of carbonyl (C=O) groups is 1. The van der Waals surface area contributed by atoms with Crippen LogP contribution in [0.25, 0.3) is 0 Å². The molecule has 0 saturated carbocycles. The Balaban J connectivity index is 0.00000101. The maximum absolute atomic E-state index is 10.1. The smallest absolute Gasteiger partial charge is 0.320 e. The van der Waals surface area contributed by atoms with Crippen LogP contribution in [0.5, 0.6) is 5.75 Å². The van der Waals surface area contributed by atoms with Crippen molar-refractivity contribution in [3.63, 3.8) is 0 Å². The van der Waals surface area contributed by atoms with Gasteiger partial charge in [-0.25, -0.2) is 0 Å². The summed E-state index contributed by atoms with van der Waals surface area (Å²) in [6.45, 7) is 7.35. The first kappa shape index (κ1) is 37.1. The van der Waals surface area contributed by atoms with Gasteiger partial charge in [0.15, 0.2) is 0 Å². The molecule has 4 atom stereocenters. The zero-order chi connectivity index (χ0) is 29.6. The van der Waals surface area contributed by atoms with Crippen molar-refractivity contribution >= 4 is 30.2 Å². The lowest BCUT2D eigenvalue weighted by Gasteiger charge is -2.30. The zero-order valence-electron chi connectivity index (χ0n) is 23.4. The summed E-state index contributed by atoms with van der Waals surface area (Å²) >= 11 is 10.5. The van der Waals surface area contributed by atoms with Crippen LogP contribution in [0.4, 0.5) is 0 Å². The lowest BCUT2D eigenvalue weighted by molar-refractivity contribution is -0.139. The van der Waals surface area contributed by atoms with Gasteiger partial charge in [0.1, 0.15) is 11.8 Å². The maximum atomic E-state index is 10.1. The topological polar surface area (TPSA) is 128 Å². The number of rotatable bonds is 9. The number of allylic oxidation sites excluding steroid dienone is 4. The summed E-state index contributed by atoms with van der Waals surface area (Å²) in [6, 6.07) is 7.63. The third-order valence-corrected chi connectivity index (χ3v) is 6.16. The van der Waals surface area contributed by atoms with Crippen molar-refractivity contribution in [3.05, 3.63) is 64.1 Å². The van der Waals surface area contributed by atoms with E-state index in [-0.39, 0.29) is 24.9 Å². The number of aliphatic hydroxyl groups is 3. The fourth-order valence-corrected chi connectivity index (χ4v) is 4.30. The van der Waals surface area contributed by atoms with E-state index in [0.29, 0.717) is 30.9 Å². The van der Waals surface area contributed by atoms with Crippen molar-refractivity contribution in [2.75, 3.05) is 26.9 Å². The molecule has 1 aromatic rings. The summed E-state index contributed by atoms with van der Waals surface area (Å²) < 4.78 is 11.3. The van der Waals surface area contributed by atoms with E-state index in [1.54, 1.807) is 11.5 Å². The van der Waals surface area contributed by atoms with Crippen LogP contribution in [0, 0.1) is 0 Å². The molecular weight excluding hydrogens is 542 g/mol. The number of aliphatic hydroxyl groups excluding tert-OH is 3. The van der Waals surface area contributed by atoms with Crippen LogP contribution < -0.4 is 10.1 Å². The van der Waals surface area contributed by atoms with E-state index in [1.165, 1.54) is 0 Å². The highest BCUT2D eigenvalue weighted by atomic mass is 35.5. The maximum Gasteiger partial charge on any atom is 0.320 e. The molecule has 0 radical (unpaired) electrons. The number of aliphatic carboxylic acids is 1. The molecule has 5 N–H and O–H groups in total. The third kappa shape index (κ3) is 15.5. The lowest BCUT2D eigenvalue weighted by atomic mass is 9.99. The van der Waals surface area contributed by atoms with E-state index in [4.69, 9.17) is 31.3 Å². The van der Waals surface area contributed by atoms with Crippen molar-refractivity contribution in [3.8, 4) is 5.75 Å². The molecule has 0 bridgehead atoms. The Labute approximate surface area is 243 Å². The monoisotopic (exact) mass is 587 g/mol. The number of hydrogen-bond acceptors (Lipinski definition) is 8. The lowest BCUT2D eigenvalue weighted by Crippen LogP contribution is -2.36. The van der Waals surface area contributed by atoms with E-state index < -0.39 is 12.1 Å². The largest absolute Gasteiger partial charge is 0.494 e. The second kappa shape index (κ2) is 22.9. The number of benzene rings is 1. The van der Waals surface area contributed by atoms with Gasteiger partial charge in [-0.3, -0.25) is 4.79 Å². The van der Waals surface area contributed by atoms with Gasteiger partial charge in [-0.1, -0.05) is 49.7 Å². The van der Waals surface area contributed by atoms with Crippen LogP contribution in [0.2, 0.25) is 0 Å². The predicted molar refractivity (Wildman–Crippen MR) is 161 cm³/mol. The van der Waals surface area contributed by atoms with Crippen LogP contribution in [-0.4, -0.2) is 77.6 Å². The predicted octanol–water partition coefficient (Wildman–Crippen LogP) is 4.48. The summed E-state index contributed by atoms with van der Waals surface area (Å²) in [4.78, 5) is 10.1. The first-order chi connectivity index (χ1) is 18.9. The molecule has 39 heavy (non-hydrogen) atoms. The molecule has 0 amide bonds.